The van der Waals surface area contributed by atoms with Crippen LogP contribution in [0.25, 0.3) is 98.3 Å². The van der Waals surface area contributed by atoms with Crippen LogP contribution in [0.2, 0.25) is 0 Å². The van der Waals surface area contributed by atoms with Crippen LogP contribution in [0.5, 0.6) is 0 Å². The van der Waals surface area contributed by atoms with Gasteiger partial charge in [0.15, 0.2) is 0 Å². The molecule has 2 nitrogen and oxygen atoms in total. The molecule has 0 unspecified atom stereocenters. The molecule has 11 rings (SSSR count). The van der Waals surface area contributed by atoms with E-state index in [0.717, 1.165) is 57.5 Å². The van der Waals surface area contributed by atoms with Gasteiger partial charge in [-0.1, -0.05) is 275 Å². The summed E-state index contributed by atoms with van der Waals surface area (Å²) in [6, 6.07) is 64.3. The highest BCUT2D eigenvalue weighted by Crippen LogP contribution is 2.56. The number of hydrogen-bond acceptors (Lipinski definition) is 4. The van der Waals surface area contributed by atoms with Gasteiger partial charge in [0.2, 0.25) is 0 Å². The monoisotopic (exact) mass is 1130 g/mol. The van der Waals surface area contributed by atoms with Gasteiger partial charge in [0.1, 0.15) is 0 Å². The maximum atomic E-state index is 5.99. The van der Waals surface area contributed by atoms with E-state index in [0.29, 0.717) is 0 Å². The van der Waals surface area contributed by atoms with Crippen molar-refractivity contribution < 1.29 is 0 Å². The summed E-state index contributed by atoms with van der Waals surface area (Å²) in [7, 11) is 0. The number of aryl methyl sites for hydroxylation is 4. The van der Waals surface area contributed by atoms with Crippen molar-refractivity contribution in [3.63, 3.8) is 0 Å². The molecular weight excluding hydrogens is 1040 g/mol. The van der Waals surface area contributed by atoms with Gasteiger partial charge in [-0.25, -0.2) is 9.97 Å². The smallest absolute Gasteiger partial charge is 0.0988 e. The molecule has 0 N–H and O–H groups in total. The van der Waals surface area contributed by atoms with Crippen LogP contribution < -0.4 is 0 Å². The number of thiophene rings is 2. The van der Waals surface area contributed by atoms with E-state index in [9.17, 15) is 0 Å². The summed E-state index contributed by atoms with van der Waals surface area (Å²) in [5, 5.41) is 0. The average Bonchev–Trinajstić information content (AvgIpc) is 2.86. The number of nitrogens with zero attached hydrogens (tertiary/aromatic N) is 2. The fourth-order valence-electron chi connectivity index (χ4n) is 13.3. The summed E-state index contributed by atoms with van der Waals surface area (Å²) < 4.78 is 0. The van der Waals surface area contributed by atoms with E-state index < -0.39 is 0 Å². The predicted molar refractivity (Wildman–Crippen MR) is 362 cm³/mol. The van der Waals surface area contributed by atoms with Gasteiger partial charge in [-0.15, -0.1) is 22.7 Å². The van der Waals surface area contributed by atoms with Crippen LogP contribution in [0.3, 0.4) is 0 Å². The van der Waals surface area contributed by atoms with Crippen LogP contribution in [-0.4, -0.2) is 9.97 Å². The van der Waals surface area contributed by atoms with Crippen molar-refractivity contribution in [1.82, 2.24) is 9.97 Å². The highest BCUT2D eigenvalue weighted by atomic mass is 32.1. The number of unbranched alkanes of at least 4 members (excludes halogenated alkanes) is 12. The Balaban J connectivity index is 1.11. The van der Waals surface area contributed by atoms with E-state index in [2.05, 4.69) is 211 Å². The maximum absolute atomic E-state index is 5.99. The summed E-state index contributed by atoms with van der Waals surface area (Å²) >= 11 is 3.90. The fourth-order valence-corrected chi connectivity index (χ4v) is 15.7. The van der Waals surface area contributed by atoms with E-state index in [-0.39, 0.29) is 5.41 Å². The van der Waals surface area contributed by atoms with E-state index in [1.54, 1.807) is 11.1 Å². The minimum atomic E-state index is 0.0158. The Morgan fingerprint density at radius 3 is 1.28 bits per heavy atom. The second-order valence-corrected chi connectivity index (χ2v) is 26.3. The Morgan fingerprint density at radius 2 is 0.759 bits per heavy atom. The molecule has 4 heteroatoms. The van der Waals surface area contributed by atoms with Gasteiger partial charge >= 0.3 is 0 Å². The quantitative estimate of drug-likeness (QED) is 0.0480. The van der Waals surface area contributed by atoms with Gasteiger partial charge in [0.05, 0.1) is 22.4 Å². The van der Waals surface area contributed by atoms with Crippen LogP contribution in [-0.2, 0) is 18.3 Å². The molecule has 0 amide bonds. The van der Waals surface area contributed by atoms with Crippen LogP contribution in [0, 0.1) is 13.8 Å². The van der Waals surface area contributed by atoms with Crippen molar-refractivity contribution in [3.8, 4) is 87.2 Å². The molecule has 3 heterocycles. The Labute approximate surface area is 505 Å². The molecule has 0 spiro atoms. The molecule has 3 aromatic heterocycles. The van der Waals surface area contributed by atoms with Crippen molar-refractivity contribution in [2.24, 2.45) is 0 Å². The Hall–Kier alpha value is -6.72. The lowest BCUT2D eigenvalue weighted by Crippen LogP contribution is -2.25. The Morgan fingerprint density at radius 1 is 0.349 bits per heavy atom. The molecule has 0 radical (unpaired) electrons. The summed E-state index contributed by atoms with van der Waals surface area (Å²) in [5.41, 5.74) is 24.7. The van der Waals surface area contributed by atoms with Crippen molar-refractivity contribution in [2.75, 3.05) is 0 Å². The molecular formula is C79H86N2S2. The maximum Gasteiger partial charge on any atom is 0.0988 e. The molecule has 1 aliphatic carbocycles. The molecule has 424 valence electrons. The Kier molecular flexibility index (Phi) is 19.1. The second-order valence-electron chi connectivity index (χ2n) is 24.0. The average molecular weight is 1130 g/mol. The topological polar surface area (TPSA) is 25.8 Å². The summed E-state index contributed by atoms with van der Waals surface area (Å²) in [5.74, 6) is 0. The van der Waals surface area contributed by atoms with Crippen molar-refractivity contribution in [2.45, 2.75) is 175 Å². The zero-order valence-corrected chi connectivity index (χ0v) is 52.2. The first kappa shape index (κ1) is 58.1. The lowest BCUT2D eigenvalue weighted by atomic mass is 9.70. The standard InChI is InChI=1S/C79H86N2S2/c1-7-11-15-21-33-63-53-72(82-56(63)6)68-47-48-69(77-76(68)80-74(61-40-36-59(37-41-61)57-29-23-19-24-30-57)75(81-77)62-42-38-60(39-43-62)58-31-25-20-26-32-58)73-54-64(34-22-16-12-8-2)78(83-73)65-44-46-67-66-45-35-55(5)51-70(66)79(71(67)52-65,49-27-17-13-9-3)50-28-18-14-10-4/h19-20,23-26,29-32,35-48,51-54H,7-18,21-22,27-28,33-34,49-50H2,1-6H3. The van der Waals surface area contributed by atoms with E-state index in [1.165, 1.54) is 191 Å². The summed E-state index contributed by atoms with van der Waals surface area (Å²) in [6.07, 6.45) is 24.8. The van der Waals surface area contributed by atoms with Crippen molar-refractivity contribution >= 4 is 33.7 Å². The third-order valence-corrected chi connectivity index (χ3v) is 20.4. The number of rotatable bonds is 27. The number of fused-ring (bicyclic) bond motifs is 4. The first-order chi connectivity index (χ1) is 40.8. The van der Waals surface area contributed by atoms with Gasteiger partial charge < -0.3 is 0 Å². The highest BCUT2D eigenvalue weighted by molar-refractivity contribution is 7.19. The summed E-state index contributed by atoms with van der Waals surface area (Å²) in [6.45, 7) is 13.9. The van der Waals surface area contributed by atoms with Crippen LogP contribution in [0.4, 0.5) is 0 Å². The third-order valence-electron chi connectivity index (χ3n) is 18.0. The summed E-state index contributed by atoms with van der Waals surface area (Å²) in [4.78, 5) is 17.3. The fraction of sp³-hybridized carbons (Fsp3) is 0.342. The molecule has 1 aliphatic rings. The van der Waals surface area contributed by atoms with Crippen molar-refractivity contribution in [1.29, 1.82) is 0 Å². The zero-order valence-electron chi connectivity index (χ0n) is 50.5. The van der Waals surface area contributed by atoms with Crippen LogP contribution in [0.15, 0.2) is 170 Å². The van der Waals surface area contributed by atoms with Gasteiger partial charge in [-0.3, -0.25) is 0 Å². The van der Waals surface area contributed by atoms with E-state index in [4.69, 9.17) is 9.97 Å². The predicted octanol–water partition coefficient (Wildman–Crippen LogP) is 24.5. The molecule has 10 aromatic rings. The van der Waals surface area contributed by atoms with E-state index >= 15 is 0 Å². The number of hydrogen-bond donors (Lipinski definition) is 0. The zero-order chi connectivity index (χ0) is 57.1. The second kappa shape index (κ2) is 27.3. The molecule has 83 heavy (non-hydrogen) atoms. The van der Waals surface area contributed by atoms with Gasteiger partial charge in [-0.05, 0) is 132 Å². The van der Waals surface area contributed by atoms with Crippen LogP contribution >= 0.6 is 22.7 Å². The molecule has 0 saturated heterocycles. The third kappa shape index (κ3) is 12.7. The van der Waals surface area contributed by atoms with Crippen LogP contribution in [0.1, 0.15) is 176 Å². The van der Waals surface area contributed by atoms with Gasteiger partial charge in [0.25, 0.3) is 0 Å². The molecule has 0 aliphatic heterocycles. The normalized spacial score (nSPS) is 12.6. The lowest BCUT2D eigenvalue weighted by Gasteiger charge is -2.33. The molecule has 7 aromatic carbocycles. The highest BCUT2D eigenvalue weighted by Gasteiger charge is 2.42. The Bertz CT molecular complexity index is 3740. The van der Waals surface area contributed by atoms with Crippen molar-refractivity contribution in [3.05, 3.63) is 203 Å². The lowest BCUT2D eigenvalue weighted by molar-refractivity contribution is 0.401. The number of aromatic nitrogens is 2. The largest absolute Gasteiger partial charge is 0.243 e. The molecule has 0 saturated carbocycles. The van der Waals surface area contributed by atoms with Gasteiger partial charge in [-0.2, -0.15) is 0 Å². The minimum Gasteiger partial charge on any atom is -0.243 e. The first-order valence-corrected chi connectivity index (χ1v) is 33.6. The minimum absolute atomic E-state index is 0.0158. The number of benzene rings is 7. The SMILES string of the molecule is CCCCCCc1cc(-c2ccc(-c3cc(CCCCCC)c(-c4ccc5c(c4)C(CCCCCC)(CCCCCC)c4cc(C)ccc4-5)s3)c3nc(-c4ccc(-c5ccccc5)cc4)c(-c4ccc(-c5ccccc5)cc4)nc23)sc1C. The molecule has 0 fully saturated rings. The molecule has 0 bridgehead atoms. The van der Waals surface area contributed by atoms with E-state index in [1.807, 2.05) is 22.7 Å². The van der Waals surface area contributed by atoms with Gasteiger partial charge in [0, 0.05) is 47.2 Å². The first-order valence-electron chi connectivity index (χ1n) is 32.0. The molecule has 0 atom stereocenters.